The maximum Gasteiger partial charge on any atom is 0.259 e. The number of benzene rings is 3. The van der Waals surface area contributed by atoms with E-state index in [1.54, 1.807) is 47.4 Å². The van der Waals surface area contributed by atoms with Gasteiger partial charge in [0, 0.05) is 12.1 Å². The number of amides is 2. The molecule has 5 nitrogen and oxygen atoms in total. The SMILES string of the molecule is CCN1C(=O)c2ccccc2[S@@](=O)c2ccc(C(=O)N[C@@H]3CCCc4ccccc43)cc21. The fraction of sp³-hybridized carbons (Fsp3) is 0.231. The first-order chi connectivity index (χ1) is 15.6. The third-order valence-electron chi connectivity index (χ3n) is 6.26. The van der Waals surface area contributed by atoms with E-state index < -0.39 is 10.8 Å². The van der Waals surface area contributed by atoms with Crippen LogP contribution >= 0.6 is 0 Å². The molecule has 0 bridgehead atoms. The molecule has 6 heteroatoms. The molecule has 1 heterocycles. The molecule has 32 heavy (non-hydrogen) atoms. The summed E-state index contributed by atoms with van der Waals surface area (Å²) >= 11 is 0. The third kappa shape index (κ3) is 3.45. The van der Waals surface area contributed by atoms with Crippen molar-refractivity contribution in [2.24, 2.45) is 0 Å². The quantitative estimate of drug-likeness (QED) is 0.640. The Labute approximate surface area is 189 Å². The molecule has 1 aliphatic heterocycles. The van der Waals surface area contributed by atoms with Crippen molar-refractivity contribution >= 4 is 28.3 Å². The molecule has 0 aromatic heterocycles. The lowest BCUT2D eigenvalue weighted by Crippen LogP contribution is -2.32. The Bertz CT molecular complexity index is 1250. The van der Waals surface area contributed by atoms with E-state index in [1.807, 2.05) is 19.1 Å². The van der Waals surface area contributed by atoms with Crippen LogP contribution in [0.1, 0.15) is 57.7 Å². The molecule has 1 aliphatic carbocycles. The van der Waals surface area contributed by atoms with Crippen LogP contribution in [0.15, 0.2) is 76.5 Å². The van der Waals surface area contributed by atoms with Gasteiger partial charge in [-0.05, 0) is 67.6 Å². The topological polar surface area (TPSA) is 66.5 Å². The van der Waals surface area contributed by atoms with Gasteiger partial charge in [0.25, 0.3) is 11.8 Å². The van der Waals surface area contributed by atoms with Gasteiger partial charge in [0.2, 0.25) is 0 Å². The van der Waals surface area contributed by atoms with E-state index in [9.17, 15) is 13.8 Å². The summed E-state index contributed by atoms with van der Waals surface area (Å²) in [6.07, 6.45) is 2.95. The summed E-state index contributed by atoms with van der Waals surface area (Å²) in [7, 11) is -1.50. The zero-order valence-corrected chi connectivity index (χ0v) is 18.7. The number of carbonyl (C=O) groups excluding carboxylic acids is 2. The molecule has 2 aliphatic rings. The van der Waals surface area contributed by atoms with Crippen LogP contribution in [0.2, 0.25) is 0 Å². The lowest BCUT2D eigenvalue weighted by Gasteiger charge is -2.27. The van der Waals surface area contributed by atoms with Crippen molar-refractivity contribution < 1.29 is 13.8 Å². The van der Waals surface area contributed by atoms with Crippen LogP contribution in [0.3, 0.4) is 0 Å². The van der Waals surface area contributed by atoms with Crippen molar-refractivity contribution in [2.75, 3.05) is 11.4 Å². The van der Waals surface area contributed by atoms with Gasteiger partial charge < -0.3 is 10.2 Å². The monoisotopic (exact) mass is 444 g/mol. The molecule has 0 spiro atoms. The average molecular weight is 445 g/mol. The minimum absolute atomic E-state index is 0.0337. The van der Waals surface area contributed by atoms with Gasteiger partial charge in [-0.3, -0.25) is 9.59 Å². The number of hydrogen-bond donors (Lipinski definition) is 1. The van der Waals surface area contributed by atoms with E-state index in [4.69, 9.17) is 0 Å². The molecule has 0 radical (unpaired) electrons. The third-order valence-corrected chi connectivity index (χ3v) is 7.77. The largest absolute Gasteiger partial charge is 0.345 e. The Hall–Kier alpha value is -3.25. The second kappa shape index (κ2) is 8.36. The van der Waals surface area contributed by atoms with Gasteiger partial charge in [-0.1, -0.05) is 36.4 Å². The molecule has 5 rings (SSSR count). The molecule has 0 saturated carbocycles. The standard InChI is InChI=1S/C26H24N2O3S/c1-2-28-22-16-18(25(29)27-21-12-7-9-17-8-3-4-10-19(17)21)14-15-24(22)32(31)23-13-6-5-11-20(23)26(28)30/h3-6,8,10-11,13-16,21H,2,7,9,12H2,1H3,(H,27,29)/t21-,32-/m1/s1. The van der Waals surface area contributed by atoms with E-state index >= 15 is 0 Å². The minimum atomic E-state index is -1.50. The fourth-order valence-electron chi connectivity index (χ4n) is 4.66. The number of aryl methyl sites for hydroxylation is 1. The summed E-state index contributed by atoms with van der Waals surface area (Å²) in [5.74, 6) is -0.389. The number of hydrogen-bond acceptors (Lipinski definition) is 3. The second-order valence-electron chi connectivity index (χ2n) is 8.11. The molecule has 2 amide bonds. The zero-order valence-electron chi connectivity index (χ0n) is 17.8. The van der Waals surface area contributed by atoms with Crippen molar-refractivity contribution in [3.05, 3.63) is 89.0 Å². The summed E-state index contributed by atoms with van der Waals surface area (Å²) < 4.78 is 13.3. The highest BCUT2D eigenvalue weighted by Crippen LogP contribution is 2.35. The first-order valence-electron chi connectivity index (χ1n) is 10.9. The number of nitrogens with one attached hydrogen (secondary N) is 1. The minimum Gasteiger partial charge on any atom is -0.345 e. The summed E-state index contributed by atoms with van der Waals surface area (Å²) in [5, 5.41) is 3.17. The van der Waals surface area contributed by atoms with Crippen LogP contribution in [-0.4, -0.2) is 22.6 Å². The average Bonchev–Trinajstić information content (AvgIpc) is 2.92. The van der Waals surface area contributed by atoms with E-state index in [1.165, 1.54) is 11.1 Å². The van der Waals surface area contributed by atoms with Crippen molar-refractivity contribution in [3.8, 4) is 0 Å². The molecule has 2 atom stereocenters. The Morgan fingerprint density at radius 2 is 1.84 bits per heavy atom. The summed E-state index contributed by atoms with van der Waals surface area (Å²) in [6.45, 7) is 2.29. The predicted octanol–water partition coefficient (Wildman–Crippen LogP) is 4.64. The highest BCUT2D eigenvalue weighted by Gasteiger charge is 2.31. The number of anilines is 1. The van der Waals surface area contributed by atoms with Gasteiger partial charge >= 0.3 is 0 Å². The van der Waals surface area contributed by atoms with Crippen LogP contribution < -0.4 is 10.2 Å². The van der Waals surface area contributed by atoms with Crippen LogP contribution in [0.4, 0.5) is 5.69 Å². The number of rotatable bonds is 3. The van der Waals surface area contributed by atoms with Crippen molar-refractivity contribution in [2.45, 2.75) is 42.0 Å². The van der Waals surface area contributed by atoms with Crippen LogP contribution in [0.25, 0.3) is 0 Å². The smallest absolute Gasteiger partial charge is 0.259 e. The molecule has 1 N–H and O–H groups in total. The van der Waals surface area contributed by atoms with Crippen molar-refractivity contribution in [1.29, 1.82) is 0 Å². The highest BCUT2D eigenvalue weighted by molar-refractivity contribution is 7.85. The Morgan fingerprint density at radius 1 is 1.06 bits per heavy atom. The summed E-state index contributed by atoms with van der Waals surface area (Å²) in [5.41, 5.74) is 3.88. The van der Waals surface area contributed by atoms with Crippen LogP contribution in [-0.2, 0) is 17.2 Å². The van der Waals surface area contributed by atoms with Crippen LogP contribution in [0.5, 0.6) is 0 Å². The molecule has 3 aromatic carbocycles. The van der Waals surface area contributed by atoms with Gasteiger partial charge in [-0.2, -0.15) is 0 Å². The highest BCUT2D eigenvalue weighted by atomic mass is 32.2. The molecule has 0 unspecified atom stereocenters. The van der Waals surface area contributed by atoms with Gasteiger partial charge in [0.15, 0.2) is 0 Å². The van der Waals surface area contributed by atoms with Crippen molar-refractivity contribution in [3.63, 3.8) is 0 Å². The summed E-state index contributed by atoms with van der Waals surface area (Å²) in [6, 6.07) is 20.3. The Balaban J connectivity index is 1.50. The summed E-state index contributed by atoms with van der Waals surface area (Å²) in [4.78, 5) is 29.0. The van der Waals surface area contributed by atoms with E-state index in [2.05, 4.69) is 17.4 Å². The van der Waals surface area contributed by atoms with Gasteiger partial charge in [0.1, 0.15) is 0 Å². The lowest BCUT2D eigenvalue weighted by atomic mass is 9.87. The molecule has 162 valence electrons. The normalized spacial score (nSPS) is 19.4. The lowest BCUT2D eigenvalue weighted by molar-refractivity contribution is 0.0930. The number of fused-ring (bicyclic) bond motifs is 3. The zero-order chi connectivity index (χ0) is 22.2. The Morgan fingerprint density at radius 3 is 2.69 bits per heavy atom. The van der Waals surface area contributed by atoms with E-state index in [0.717, 1.165) is 19.3 Å². The van der Waals surface area contributed by atoms with Crippen LogP contribution in [0, 0.1) is 0 Å². The fourth-order valence-corrected chi connectivity index (χ4v) is 6.01. The molecular formula is C26H24N2O3S. The predicted molar refractivity (Wildman–Crippen MR) is 124 cm³/mol. The van der Waals surface area contributed by atoms with Gasteiger partial charge in [-0.25, -0.2) is 4.21 Å². The first kappa shape index (κ1) is 20.6. The number of carbonyl (C=O) groups is 2. The van der Waals surface area contributed by atoms with Gasteiger partial charge in [-0.15, -0.1) is 0 Å². The first-order valence-corrected chi connectivity index (χ1v) is 12.1. The maximum absolute atomic E-state index is 13.3. The van der Waals surface area contributed by atoms with Gasteiger partial charge in [0.05, 0.1) is 37.9 Å². The maximum atomic E-state index is 13.3. The van der Waals surface area contributed by atoms with E-state index in [-0.39, 0.29) is 17.9 Å². The van der Waals surface area contributed by atoms with Crippen molar-refractivity contribution in [1.82, 2.24) is 5.32 Å². The molecule has 3 aromatic rings. The van der Waals surface area contributed by atoms with E-state index in [0.29, 0.717) is 33.2 Å². The second-order valence-corrected chi connectivity index (χ2v) is 9.53. The molecule has 0 fully saturated rings. The molecule has 0 saturated heterocycles. The molecular weight excluding hydrogens is 420 g/mol. The number of nitrogens with zero attached hydrogens (tertiary/aromatic N) is 1. The Kier molecular flexibility index (Phi) is 5.39.